The van der Waals surface area contributed by atoms with Crippen LogP contribution in [0.3, 0.4) is 0 Å². The summed E-state index contributed by atoms with van der Waals surface area (Å²) in [6, 6.07) is 0. The summed E-state index contributed by atoms with van der Waals surface area (Å²) in [7, 11) is 0. The van der Waals surface area contributed by atoms with Crippen molar-refractivity contribution in [2.45, 2.75) is 284 Å². The lowest BCUT2D eigenvalue weighted by atomic mass is 10.0. The molecule has 0 radical (unpaired) electrons. The monoisotopic (exact) mass is 935 g/mol. The van der Waals surface area contributed by atoms with Crippen LogP contribution in [0.5, 0.6) is 0 Å². The Balaban J connectivity index is 4.34. The van der Waals surface area contributed by atoms with E-state index in [1.165, 1.54) is 141 Å². The van der Waals surface area contributed by atoms with E-state index in [0.717, 1.165) is 89.9 Å². The number of ether oxygens (including phenoxy) is 3. The second-order valence-corrected chi connectivity index (χ2v) is 18.8. The van der Waals surface area contributed by atoms with E-state index in [4.69, 9.17) is 14.2 Å². The van der Waals surface area contributed by atoms with Crippen LogP contribution >= 0.6 is 0 Å². The zero-order valence-electron chi connectivity index (χ0n) is 44.2. The molecule has 67 heavy (non-hydrogen) atoms. The minimum absolute atomic E-state index is 0.101. The van der Waals surface area contributed by atoms with E-state index < -0.39 is 6.10 Å². The van der Waals surface area contributed by atoms with Gasteiger partial charge in [0.1, 0.15) is 13.2 Å². The zero-order chi connectivity index (χ0) is 48.6. The van der Waals surface area contributed by atoms with Gasteiger partial charge in [-0.1, -0.05) is 261 Å². The number of allylic oxidation sites excluding steroid dienone is 12. The van der Waals surface area contributed by atoms with E-state index in [1.807, 2.05) is 6.08 Å². The molecule has 0 aliphatic rings. The van der Waals surface area contributed by atoms with Gasteiger partial charge in [0.25, 0.3) is 0 Å². The molecule has 0 aromatic carbocycles. The third kappa shape index (κ3) is 53.7. The van der Waals surface area contributed by atoms with E-state index in [9.17, 15) is 14.4 Å². The molecule has 0 saturated heterocycles. The highest BCUT2D eigenvalue weighted by Gasteiger charge is 2.19. The average Bonchev–Trinajstić information content (AvgIpc) is 3.33. The number of hydrogen-bond acceptors (Lipinski definition) is 6. The van der Waals surface area contributed by atoms with E-state index >= 15 is 0 Å². The molecular formula is C61H106O6. The van der Waals surface area contributed by atoms with Gasteiger partial charge in [-0.15, -0.1) is 0 Å². The van der Waals surface area contributed by atoms with Crippen LogP contribution in [0.15, 0.2) is 72.9 Å². The Hall–Kier alpha value is -3.15. The van der Waals surface area contributed by atoms with Crippen LogP contribution < -0.4 is 0 Å². The predicted molar refractivity (Wildman–Crippen MR) is 288 cm³/mol. The molecule has 0 aromatic rings. The molecule has 0 heterocycles. The Morgan fingerprint density at radius 3 is 1.04 bits per heavy atom. The molecule has 0 saturated carbocycles. The number of hydrogen-bond donors (Lipinski definition) is 0. The van der Waals surface area contributed by atoms with Crippen molar-refractivity contribution in [3.8, 4) is 0 Å². The van der Waals surface area contributed by atoms with Crippen molar-refractivity contribution in [1.82, 2.24) is 0 Å². The molecule has 0 amide bonds. The fourth-order valence-corrected chi connectivity index (χ4v) is 7.94. The summed E-state index contributed by atoms with van der Waals surface area (Å²) < 4.78 is 16.8. The molecule has 0 N–H and O–H groups in total. The minimum atomic E-state index is -0.810. The number of carbonyl (C=O) groups is 3. The summed E-state index contributed by atoms with van der Waals surface area (Å²) in [6.07, 6.45) is 70.6. The standard InChI is InChI=1S/C61H106O6/c1-4-7-10-13-16-19-22-25-27-28-29-30-31-32-33-34-37-39-42-45-48-51-54-60(63)66-57-58(56-65-59(62)53-50-47-44-41-38-35-24-21-18-15-12-9-6-3)67-61(64)55-52-49-46-43-40-36-26-23-20-17-14-11-8-5-2/h9,12,14,17-18,21,23,26,35,38,44,47,58H,4-8,10-11,13,15-16,19-20,22,24-25,27-34,36-37,39-43,45-46,48-57H2,1-3H3/b12-9-,17-14-,21-18-,26-23-,38-35-,47-44-. The van der Waals surface area contributed by atoms with Crippen molar-refractivity contribution in [3.05, 3.63) is 72.9 Å². The quantitative estimate of drug-likeness (QED) is 0.0262. The van der Waals surface area contributed by atoms with Crippen molar-refractivity contribution in [2.75, 3.05) is 13.2 Å². The molecule has 0 spiro atoms. The van der Waals surface area contributed by atoms with Crippen molar-refractivity contribution < 1.29 is 28.6 Å². The first-order valence-corrected chi connectivity index (χ1v) is 28.4. The van der Waals surface area contributed by atoms with Gasteiger partial charge in [-0.05, 0) is 70.6 Å². The topological polar surface area (TPSA) is 78.9 Å². The molecule has 0 bridgehead atoms. The molecule has 1 atom stereocenters. The summed E-state index contributed by atoms with van der Waals surface area (Å²) in [4.78, 5) is 38.0. The molecule has 0 aliphatic heterocycles. The fourth-order valence-electron chi connectivity index (χ4n) is 7.94. The van der Waals surface area contributed by atoms with Gasteiger partial charge in [0.2, 0.25) is 0 Å². The molecule has 6 nitrogen and oxygen atoms in total. The van der Waals surface area contributed by atoms with Gasteiger partial charge >= 0.3 is 17.9 Å². The molecule has 0 fully saturated rings. The number of carbonyl (C=O) groups excluding carboxylic acids is 3. The van der Waals surface area contributed by atoms with Gasteiger partial charge in [0, 0.05) is 19.3 Å². The molecule has 386 valence electrons. The molecular weight excluding hydrogens is 829 g/mol. The SMILES string of the molecule is CC/C=C\C/C=C\C/C=C\C/C=C\CCC(=O)OCC(COC(=O)CCCCCCCCCCCCCCCCCCCCCCCC)OC(=O)CCCCCCC/C=C\C/C=C\CCCC. The van der Waals surface area contributed by atoms with Crippen LogP contribution in [-0.2, 0) is 28.6 Å². The summed E-state index contributed by atoms with van der Waals surface area (Å²) in [5.41, 5.74) is 0. The highest BCUT2D eigenvalue weighted by molar-refractivity contribution is 5.71. The maximum atomic E-state index is 12.8. The highest BCUT2D eigenvalue weighted by Crippen LogP contribution is 2.16. The molecule has 0 rings (SSSR count). The van der Waals surface area contributed by atoms with Crippen molar-refractivity contribution >= 4 is 17.9 Å². The third-order valence-electron chi connectivity index (χ3n) is 12.2. The smallest absolute Gasteiger partial charge is 0.306 e. The Morgan fingerprint density at radius 1 is 0.313 bits per heavy atom. The Bertz CT molecular complexity index is 1260. The van der Waals surface area contributed by atoms with E-state index in [0.29, 0.717) is 19.3 Å². The van der Waals surface area contributed by atoms with E-state index in [2.05, 4.69) is 87.6 Å². The summed E-state index contributed by atoms with van der Waals surface area (Å²) in [5, 5.41) is 0. The number of unbranched alkanes of at least 4 members (excludes halogenated alkanes) is 28. The maximum absolute atomic E-state index is 12.8. The van der Waals surface area contributed by atoms with Crippen LogP contribution in [0, 0.1) is 0 Å². The zero-order valence-corrected chi connectivity index (χ0v) is 44.2. The average molecular weight is 936 g/mol. The second kappa shape index (κ2) is 55.4. The van der Waals surface area contributed by atoms with Gasteiger partial charge in [-0.2, -0.15) is 0 Å². The summed E-state index contributed by atoms with van der Waals surface area (Å²) in [5.74, 6) is -0.993. The molecule has 1 unspecified atom stereocenters. The van der Waals surface area contributed by atoms with E-state index in [1.54, 1.807) is 0 Å². The first-order chi connectivity index (χ1) is 33.0. The van der Waals surface area contributed by atoms with Crippen LogP contribution in [-0.4, -0.2) is 37.2 Å². The van der Waals surface area contributed by atoms with Gasteiger partial charge in [-0.25, -0.2) is 0 Å². The Kier molecular flexibility index (Phi) is 52.8. The van der Waals surface area contributed by atoms with Crippen molar-refractivity contribution in [2.24, 2.45) is 0 Å². The minimum Gasteiger partial charge on any atom is -0.462 e. The van der Waals surface area contributed by atoms with Crippen LogP contribution in [0.1, 0.15) is 278 Å². The number of esters is 3. The van der Waals surface area contributed by atoms with Crippen LogP contribution in [0.25, 0.3) is 0 Å². The third-order valence-corrected chi connectivity index (χ3v) is 12.2. The van der Waals surface area contributed by atoms with Gasteiger partial charge < -0.3 is 14.2 Å². The van der Waals surface area contributed by atoms with E-state index in [-0.39, 0.29) is 37.5 Å². The Labute approximate surface area is 414 Å². The van der Waals surface area contributed by atoms with Gasteiger partial charge in [-0.3, -0.25) is 14.4 Å². The first kappa shape index (κ1) is 63.8. The molecule has 0 aliphatic carbocycles. The normalized spacial score (nSPS) is 12.6. The van der Waals surface area contributed by atoms with Crippen molar-refractivity contribution in [1.29, 1.82) is 0 Å². The molecule has 0 aromatic heterocycles. The number of rotatable bonds is 51. The van der Waals surface area contributed by atoms with Gasteiger partial charge in [0.15, 0.2) is 6.10 Å². The second-order valence-electron chi connectivity index (χ2n) is 18.8. The predicted octanol–water partition coefficient (Wildman–Crippen LogP) is 19.0. The largest absolute Gasteiger partial charge is 0.462 e. The lowest BCUT2D eigenvalue weighted by Crippen LogP contribution is -2.30. The summed E-state index contributed by atoms with van der Waals surface area (Å²) in [6.45, 7) is 6.43. The van der Waals surface area contributed by atoms with Crippen LogP contribution in [0.2, 0.25) is 0 Å². The summed E-state index contributed by atoms with van der Waals surface area (Å²) >= 11 is 0. The van der Waals surface area contributed by atoms with Crippen LogP contribution in [0.4, 0.5) is 0 Å². The highest BCUT2D eigenvalue weighted by atomic mass is 16.6. The van der Waals surface area contributed by atoms with Crippen molar-refractivity contribution in [3.63, 3.8) is 0 Å². The maximum Gasteiger partial charge on any atom is 0.306 e. The lowest BCUT2D eigenvalue weighted by Gasteiger charge is -2.18. The fraction of sp³-hybridized carbons (Fsp3) is 0.754. The van der Waals surface area contributed by atoms with Gasteiger partial charge in [0.05, 0.1) is 0 Å². The molecule has 6 heteroatoms. The Morgan fingerprint density at radius 2 is 0.627 bits per heavy atom. The first-order valence-electron chi connectivity index (χ1n) is 28.4. The lowest BCUT2D eigenvalue weighted by molar-refractivity contribution is -0.166.